The first-order chi connectivity index (χ1) is 18.0. The zero-order valence-electron chi connectivity index (χ0n) is 27.0. The first-order valence-corrected chi connectivity index (χ1v) is 17.9. The summed E-state index contributed by atoms with van der Waals surface area (Å²) in [4.78, 5) is 17.8. The lowest BCUT2D eigenvalue weighted by molar-refractivity contribution is -0.132. The molecule has 0 radical (unpaired) electrons. The Morgan fingerprint density at radius 2 is 1.79 bits per heavy atom. The number of carbonyl (C=O) groups excluding carboxylic acids is 1. The third-order valence-electron chi connectivity index (χ3n) is 7.88. The minimum atomic E-state index is -1.50. The third kappa shape index (κ3) is 14.4. The molecule has 0 aromatic carbocycles. The van der Waals surface area contributed by atoms with Gasteiger partial charge in [-0.3, -0.25) is 4.79 Å². The average Bonchev–Trinajstić information content (AvgIpc) is 3.24. The van der Waals surface area contributed by atoms with Crippen molar-refractivity contribution >= 4 is 32.2 Å². The van der Waals surface area contributed by atoms with Gasteiger partial charge < -0.3 is 9.53 Å². The van der Waals surface area contributed by atoms with E-state index >= 15 is 0 Å². The van der Waals surface area contributed by atoms with Gasteiger partial charge in [-0.2, -0.15) is 0 Å². The van der Waals surface area contributed by atoms with E-state index in [1.807, 2.05) is 20.8 Å². The van der Waals surface area contributed by atoms with Gasteiger partial charge in [-0.25, -0.2) is 4.98 Å². The molecule has 0 aliphatic carbocycles. The van der Waals surface area contributed by atoms with Crippen LogP contribution in [-0.4, -0.2) is 31.2 Å². The highest BCUT2D eigenvalue weighted by Crippen LogP contribution is 2.34. The minimum Gasteiger partial charge on any atom is -0.395 e. The van der Waals surface area contributed by atoms with E-state index < -0.39 is 20.7 Å². The van der Waals surface area contributed by atoms with Gasteiger partial charge in [0.2, 0.25) is 0 Å². The Kier molecular flexibility index (Phi) is 15.7. The van der Waals surface area contributed by atoms with Crippen molar-refractivity contribution in [2.75, 3.05) is 0 Å². The van der Waals surface area contributed by atoms with E-state index in [0.717, 1.165) is 48.8 Å². The lowest BCUT2D eigenvalue weighted by Crippen LogP contribution is -2.35. The molecule has 0 spiro atoms. The molecule has 6 heteroatoms. The summed E-state index contributed by atoms with van der Waals surface area (Å²) in [5.41, 5.74) is 3.47. The van der Waals surface area contributed by atoms with Crippen LogP contribution in [-0.2, 0) is 9.22 Å². The van der Waals surface area contributed by atoms with Crippen molar-refractivity contribution in [1.29, 1.82) is 0 Å². The largest absolute Gasteiger partial charge is 0.395 e. The second kappa shape index (κ2) is 17.0. The molecule has 1 unspecified atom stereocenters. The van der Waals surface area contributed by atoms with Crippen molar-refractivity contribution in [3.8, 4) is 0 Å². The first kappa shape index (κ1) is 35.9. The van der Waals surface area contributed by atoms with E-state index in [0.29, 0.717) is 24.5 Å². The van der Waals surface area contributed by atoms with Crippen LogP contribution in [0.4, 0.5) is 0 Å². The van der Waals surface area contributed by atoms with Crippen molar-refractivity contribution in [3.05, 3.63) is 33.3 Å². The number of thiazole rings is 1. The van der Waals surface area contributed by atoms with Gasteiger partial charge in [0.15, 0.2) is 9.04 Å². The summed E-state index contributed by atoms with van der Waals surface area (Å²) in [6.07, 6.45) is 11.5. The van der Waals surface area contributed by atoms with Gasteiger partial charge in [-0.15, -0.1) is 11.3 Å². The fraction of sp³-hybridized carbons (Fsp3) is 0.758. The molecule has 4 nitrogen and oxygen atoms in total. The molecule has 39 heavy (non-hydrogen) atoms. The smallest absolute Gasteiger partial charge is 0.185 e. The number of aryl methyl sites for hydroxylation is 1. The SMILES string of the molecule is CC[SiH](O[C@H](O)CCC(C)(C)C(=O)[C@@H](C)C[C@@H](C)CCC/C(C)=C/CC/C(C)=C/c1csc(C)n1)C(C)(C)C. The van der Waals surface area contributed by atoms with Gasteiger partial charge in [0.05, 0.1) is 10.7 Å². The number of nitrogens with zero attached hydrogens (tertiary/aromatic N) is 1. The molecule has 0 saturated carbocycles. The van der Waals surface area contributed by atoms with E-state index in [9.17, 15) is 9.90 Å². The van der Waals surface area contributed by atoms with E-state index in [-0.39, 0.29) is 11.0 Å². The van der Waals surface area contributed by atoms with E-state index in [1.165, 1.54) is 17.6 Å². The number of aliphatic hydroxyl groups is 1. The summed E-state index contributed by atoms with van der Waals surface area (Å²) in [5.74, 6) is 0.874. The Labute approximate surface area is 246 Å². The summed E-state index contributed by atoms with van der Waals surface area (Å²) in [6, 6.07) is 0.998. The van der Waals surface area contributed by atoms with Gasteiger partial charge in [-0.1, -0.05) is 79.0 Å². The number of aromatic nitrogens is 1. The third-order valence-corrected chi connectivity index (χ3v) is 12.0. The Balaban J connectivity index is 2.39. The molecular formula is C33H59NO3SSi. The zero-order valence-corrected chi connectivity index (χ0v) is 29.0. The molecule has 0 bridgehead atoms. The Bertz CT molecular complexity index is 928. The number of rotatable bonds is 18. The molecular weight excluding hydrogens is 519 g/mol. The lowest BCUT2D eigenvalue weighted by Gasteiger charge is -2.32. The molecule has 224 valence electrons. The summed E-state index contributed by atoms with van der Waals surface area (Å²) in [6.45, 7) is 23.6. The van der Waals surface area contributed by atoms with Crippen molar-refractivity contribution in [2.45, 2.75) is 145 Å². The predicted molar refractivity (Wildman–Crippen MR) is 173 cm³/mol. The van der Waals surface area contributed by atoms with Crippen molar-refractivity contribution in [3.63, 3.8) is 0 Å². The minimum absolute atomic E-state index is 0.0355. The molecule has 0 fully saturated rings. The molecule has 0 aliphatic rings. The van der Waals surface area contributed by atoms with E-state index in [2.05, 4.69) is 77.9 Å². The maximum Gasteiger partial charge on any atom is 0.185 e. The molecule has 0 aliphatic heterocycles. The monoisotopic (exact) mass is 577 g/mol. The predicted octanol–water partition coefficient (Wildman–Crippen LogP) is 9.67. The number of carbonyl (C=O) groups is 1. The van der Waals surface area contributed by atoms with Gasteiger partial charge in [0, 0.05) is 16.7 Å². The van der Waals surface area contributed by atoms with Crippen LogP contribution in [0.1, 0.15) is 131 Å². The molecule has 0 amide bonds. The highest BCUT2D eigenvalue weighted by molar-refractivity contribution is 7.09. The highest BCUT2D eigenvalue weighted by Gasteiger charge is 2.34. The van der Waals surface area contributed by atoms with Crippen LogP contribution in [0, 0.1) is 24.2 Å². The Morgan fingerprint density at radius 1 is 1.13 bits per heavy atom. The summed E-state index contributed by atoms with van der Waals surface area (Å²) in [5, 5.41) is 13.9. The van der Waals surface area contributed by atoms with E-state index in [1.54, 1.807) is 11.3 Å². The van der Waals surface area contributed by atoms with E-state index in [4.69, 9.17) is 4.43 Å². The maximum absolute atomic E-state index is 13.3. The zero-order chi connectivity index (χ0) is 29.8. The lowest BCUT2D eigenvalue weighted by atomic mass is 9.75. The summed E-state index contributed by atoms with van der Waals surface area (Å²) >= 11 is 1.70. The maximum atomic E-state index is 13.3. The molecule has 4 atom stereocenters. The molecule has 1 aromatic heterocycles. The number of hydrogen-bond donors (Lipinski definition) is 1. The van der Waals surface area contributed by atoms with Crippen molar-refractivity contribution in [1.82, 2.24) is 4.98 Å². The molecule has 1 heterocycles. The van der Waals surface area contributed by atoms with Gasteiger partial charge in [-0.05, 0) is 88.8 Å². The van der Waals surface area contributed by atoms with Crippen LogP contribution < -0.4 is 0 Å². The Morgan fingerprint density at radius 3 is 2.36 bits per heavy atom. The van der Waals surface area contributed by atoms with Gasteiger partial charge in [0.25, 0.3) is 0 Å². The van der Waals surface area contributed by atoms with Gasteiger partial charge in [0.1, 0.15) is 12.1 Å². The quantitative estimate of drug-likeness (QED) is 0.107. The molecule has 1 aromatic rings. The topological polar surface area (TPSA) is 59.4 Å². The first-order valence-electron chi connectivity index (χ1n) is 15.2. The normalized spacial score (nSPS) is 16.7. The van der Waals surface area contributed by atoms with Crippen LogP contribution in [0.25, 0.3) is 6.08 Å². The Hall–Kier alpha value is -1.08. The second-order valence-corrected chi connectivity index (χ2v) is 18.5. The van der Waals surface area contributed by atoms with Crippen LogP contribution in [0.15, 0.2) is 22.6 Å². The number of Topliss-reactive ketones (excluding diaryl/α,β-unsaturated/α-hetero) is 1. The fourth-order valence-corrected chi connectivity index (χ4v) is 8.33. The number of ketones is 1. The molecule has 0 saturated heterocycles. The summed E-state index contributed by atoms with van der Waals surface area (Å²) < 4.78 is 6.06. The molecule has 1 N–H and O–H groups in total. The fourth-order valence-electron chi connectivity index (χ4n) is 5.42. The van der Waals surface area contributed by atoms with Crippen molar-refractivity contribution in [2.24, 2.45) is 17.3 Å². The second-order valence-electron chi connectivity index (χ2n) is 13.6. The summed E-state index contributed by atoms with van der Waals surface area (Å²) in [7, 11) is -1.50. The van der Waals surface area contributed by atoms with Gasteiger partial charge >= 0.3 is 0 Å². The molecule has 1 rings (SSSR count). The van der Waals surface area contributed by atoms with Crippen LogP contribution >= 0.6 is 11.3 Å². The average molecular weight is 578 g/mol. The standard InChI is InChI=1S/C33H59NO3SSi/c1-12-39(32(7,8)9)37-30(35)19-20-33(10,11)31(36)27(5)21-25(3)17-13-15-24(2)16-14-18-26(4)22-29-23-38-28(6)34-29/h16,22-23,25,27,30,35,39H,12-15,17-21H2,1-11H3/b24-16+,26-22+/t25-,27-,30-,39?/m0/s1. The number of allylic oxidation sites excluding steroid dienone is 3. The van der Waals surface area contributed by atoms with Crippen LogP contribution in [0.3, 0.4) is 0 Å². The van der Waals surface area contributed by atoms with Crippen molar-refractivity contribution < 1.29 is 14.3 Å². The number of hydrogen-bond acceptors (Lipinski definition) is 5. The number of aliphatic hydroxyl groups excluding tert-OH is 1. The van der Waals surface area contributed by atoms with Crippen LogP contribution in [0.5, 0.6) is 0 Å². The van der Waals surface area contributed by atoms with Crippen LogP contribution in [0.2, 0.25) is 11.1 Å². The highest BCUT2D eigenvalue weighted by atomic mass is 32.1.